The smallest absolute Gasteiger partial charge is 0.162 e. The zero-order valence-corrected chi connectivity index (χ0v) is 12.0. The molecule has 0 aliphatic carbocycles. The van der Waals surface area contributed by atoms with Gasteiger partial charge in [-0.25, -0.2) is 4.98 Å². The molecule has 0 amide bonds. The number of anilines is 1. The number of nitrogens with zero attached hydrogens (tertiary/aromatic N) is 3. The van der Waals surface area contributed by atoms with Gasteiger partial charge in [0.25, 0.3) is 0 Å². The third kappa shape index (κ3) is 1.93. The quantitative estimate of drug-likeness (QED) is 0.771. The highest BCUT2D eigenvalue weighted by atomic mass is 15.1. The number of fused-ring (bicyclic) bond motifs is 1. The Kier molecular flexibility index (Phi) is 2.93. The van der Waals surface area contributed by atoms with Crippen molar-refractivity contribution < 1.29 is 0 Å². The van der Waals surface area contributed by atoms with Crippen molar-refractivity contribution in [2.75, 3.05) is 5.73 Å². The van der Waals surface area contributed by atoms with Crippen molar-refractivity contribution in [1.82, 2.24) is 14.5 Å². The van der Waals surface area contributed by atoms with E-state index in [0.717, 1.165) is 22.6 Å². The van der Waals surface area contributed by atoms with Crippen LogP contribution < -0.4 is 5.73 Å². The van der Waals surface area contributed by atoms with Gasteiger partial charge in [0.2, 0.25) is 0 Å². The van der Waals surface area contributed by atoms with Gasteiger partial charge in [-0.15, -0.1) is 0 Å². The van der Waals surface area contributed by atoms with Gasteiger partial charge in [-0.05, 0) is 50.6 Å². The first-order valence-corrected chi connectivity index (χ1v) is 6.77. The van der Waals surface area contributed by atoms with Crippen LogP contribution in [0, 0.1) is 6.92 Å². The van der Waals surface area contributed by atoms with Gasteiger partial charge >= 0.3 is 0 Å². The van der Waals surface area contributed by atoms with E-state index in [2.05, 4.69) is 48.5 Å². The van der Waals surface area contributed by atoms with Gasteiger partial charge in [0.1, 0.15) is 5.69 Å². The third-order valence-corrected chi connectivity index (χ3v) is 3.41. The molecule has 0 radical (unpaired) electrons. The molecule has 0 aliphatic rings. The van der Waals surface area contributed by atoms with E-state index in [0.29, 0.717) is 11.7 Å². The lowest BCUT2D eigenvalue weighted by molar-refractivity contribution is 0.623. The number of benzene rings is 1. The number of hydrogen-bond donors (Lipinski definition) is 1. The van der Waals surface area contributed by atoms with Crippen LogP contribution in [-0.2, 0) is 0 Å². The molecule has 0 fully saturated rings. The summed E-state index contributed by atoms with van der Waals surface area (Å²) in [6.45, 7) is 6.36. The van der Waals surface area contributed by atoms with Crippen molar-refractivity contribution in [3.63, 3.8) is 0 Å². The summed E-state index contributed by atoms with van der Waals surface area (Å²) in [6.07, 6.45) is 1.75. The van der Waals surface area contributed by atoms with Crippen molar-refractivity contribution >= 4 is 16.7 Å². The van der Waals surface area contributed by atoms with Crippen LogP contribution in [0.5, 0.6) is 0 Å². The summed E-state index contributed by atoms with van der Waals surface area (Å²) < 4.78 is 2.19. The lowest BCUT2D eigenvalue weighted by atomic mass is 10.2. The van der Waals surface area contributed by atoms with Crippen molar-refractivity contribution in [3.05, 3.63) is 42.1 Å². The van der Waals surface area contributed by atoms with E-state index in [1.54, 1.807) is 6.20 Å². The first-order valence-electron chi connectivity index (χ1n) is 6.77. The average Bonchev–Trinajstić information content (AvgIpc) is 2.77. The number of hydrogen-bond acceptors (Lipinski definition) is 3. The minimum Gasteiger partial charge on any atom is -0.397 e. The Balaban J connectivity index is 2.35. The van der Waals surface area contributed by atoms with Gasteiger partial charge in [0.05, 0.1) is 16.7 Å². The molecule has 1 aromatic carbocycles. The Morgan fingerprint density at radius 3 is 2.70 bits per heavy atom. The molecule has 102 valence electrons. The summed E-state index contributed by atoms with van der Waals surface area (Å²) in [6, 6.07) is 10.3. The van der Waals surface area contributed by atoms with E-state index >= 15 is 0 Å². The SMILES string of the molecule is Cc1ccc2c(c1)nc(-c1ncccc1N)n2C(C)C. The Bertz CT molecular complexity index is 771. The zero-order valence-electron chi connectivity index (χ0n) is 12.0. The van der Waals surface area contributed by atoms with Crippen LogP contribution in [0.1, 0.15) is 25.5 Å². The molecule has 3 rings (SSSR count). The maximum atomic E-state index is 6.06. The van der Waals surface area contributed by atoms with E-state index in [9.17, 15) is 0 Å². The van der Waals surface area contributed by atoms with E-state index in [1.165, 1.54) is 5.56 Å². The number of aromatic nitrogens is 3. The minimum atomic E-state index is 0.291. The minimum absolute atomic E-state index is 0.291. The highest BCUT2D eigenvalue weighted by Gasteiger charge is 2.17. The maximum Gasteiger partial charge on any atom is 0.162 e. The van der Waals surface area contributed by atoms with E-state index in [4.69, 9.17) is 10.7 Å². The molecule has 2 N–H and O–H groups in total. The zero-order chi connectivity index (χ0) is 14.3. The highest BCUT2D eigenvalue weighted by molar-refractivity contribution is 5.83. The second-order valence-corrected chi connectivity index (χ2v) is 5.33. The van der Waals surface area contributed by atoms with Gasteiger partial charge in [0.15, 0.2) is 5.82 Å². The molecule has 0 spiro atoms. The van der Waals surface area contributed by atoms with Crippen LogP contribution in [0.25, 0.3) is 22.6 Å². The van der Waals surface area contributed by atoms with Crippen molar-refractivity contribution in [2.45, 2.75) is 26.8 Å². The van der Waals surface area contributed by atoms with Gasteiger partial charge in [0, 0.05) is 12.2 Å². The molecule has 0 saturated carbocycles. The van der Waals surface area contributed by atoms with E-state index in [1.807, 2.05) is 12.1 Å². The third-order valence-electron chi connectivity index (χ3n) is 3.41. The fraction of sp³-hybridized carbons (Fsp3) is 0.250. The number of nitrogens with two attached hydrogens (primary N) is 1. The number of imidazole rings is 1. The predicted octanol–water partition coefficient (Wildman–Crippen LogP) is 3.57. The Morgan fingerprint density at radius 2 is 2.00 bits per heavy atom. The molecule has 0 atom stereocenters. The lowest BCUT2D eigenvalue weighted by Crippen LogP contribution is -2.05. The molecule has 4 heteroatoms. The standard InChI is InChI=1S/C16H18N4/c1-10(2)20-14-7-6-11(3)9-13(14)19-16(20)15-12(17)5-4-8-18-15/h4-10H,17H2,1-3H3. The molecule has 4 nitrogen and oxygen atoms in total. The largest absolute Gasteiger partial charge is 0.397 e. The summed E-state index contributed by atoms with van der Waals surface area (Å²) >= 11 is 0. The van der Waals surface area contributed by atoms with Crippen LogP contribution in [0.4, 0.5) is 5.69 Å². The number of pyridine rings is 1. The molecule has 0 bridgehead atoms. The highest BCUT2D eigenvalue weighted by Crippen LogP contribution is 2.30. The summed E-state index contributed by atoms with van der Waals surface area (Å²) in [4.78, 5) is 9.15. The summed E-state index contributed by atoms with van der Waals surface area (Å²) in [5, 5.41) is 0. The average molecular weight is 266 g/mol. The van der Waals surface area contributed by atoms with Crippen molar-refractivity contribution in [3.8, 4) is 11.5 Å². The van der Waals surface area contributed by atoms with Crippen LogP contribution in [0.2, 0.25) is 0 Å². The molecule has 3 aromatic rings. The van der Waals surface area contributed by atoms with Gasteiger partial charge in [-0.3, -0.25) is 4.98 Å². The molecule has 20 heavy (non-hydrogen) atoms. The number of nitrogen functional groups attached to an aromatic ring is 1. The summed E-state index contributed by atoms with van der Waals surface area (Å²) in [7, 11) is 0. The van der Waals surface area contributed by atoms with Crippen LogP contribution in [0.3, 0.4) is 0 Å². The topological polar surface area (TPSA) is 56.7 Å². The maximum absolute atomic E-state index is 6.06. The summed E-state index contributed by atoms with van der Waals surface area (Å²) in [5.74, 6) is 0.832. The van der Waals surface area contributed by atoms with Gasteiger partial charge in [-0.1, -0.05) is 6.07 Å². The van der Waals surface area contributed by atoms with Gasteiger partial charge < -0.3 is 10.3 Å². The fourth-order valence-electron chi connectivity index (χ4n) is 2.50. The Morgan fingerprint density at radius 1 is 1.20 bits per heavy atom. The molecule has 0 unspecified atom stereocenters. The Labute approximate surface area is 118 Å². The second kappa shape index (κ2) is 4.63. The summed E-state index contributed by atoms with van der Waals surface area (Å²) in [5.41, 5.74) is 10.8. The van der Waals surface area contributed by atoms with Gasteiger partial charge in [-0.2, -0.15) is 0 Å². The molecule has 0 aliphatic heterocycles. The molecular formula is C16H18N4. The van der Waals surface area contributed by atoms with E-state index < -0.39 is 0 Å². The lowest BCUT2D eigenvalue weighted by Gasteiger charge is -2.13. The first kappa shape index (κ1) is 12.7. The molecule has 2 heterocycles. The van der Waals surface area contributed by atoms with Crippen molar-refractivity contribution in [2.24, 2.45) is 0 Å². The van der Waals surface area contributed by atoms with Crippen LogP contribution >= 0.6 is 0 Å². The first-order chi connectivity index (χ1) is 9.58. The van der Waals surface area contributed by atoms with Crippen LogP contribution in [-0.4, -0.2) is 14.5 Å². The second-order valence-electron chi connectivity index (χ2n) is 5.33. The molecular weight excluding hydrogens is 248 g/mol. The van der Waals surface area contributed by atoms with E-state index in [-0.39, 0.29) is 0 Å². The Hall–Kier alpha value is -2.36. The fourth-order valence-corrected chi connectivity index (χ4v) is 2.50. The molecule has 2 aromatic heterocycles. The molecule has 0 saturated heterocycles. The normalized spacial score (nSPS) is 11.4. The number of aryl methyl sites for hydroxylation is 1. The number of rotatable bonds is 2. The predicted molar refractivity (Wildman–Crippen MR) is 82.5 cm³/mol. The van der Waals surface area contributed by atoms with Crippen molar-refractivity contribution in [1.29, 1.82) is 0 Å². The van der Waals surface area contributed by atoms with Crippen LogP contribution in [0.15, 0.2) is 36.5 Å². The monoisotopic (exact) mass is 266 g/mol.